The average Bonchev–Trinajstić information content (AvgIpc) is 3.18. The summed E-state index contributed by atoms with van der Waals surface area (Å²) in [4.78, 5) is 13.2. The van der Waals surface area contributed by atoms with Gasteiger partial charge in [-0.1, -0.05) is 77.1 Å². The first kappa shape index (κ1) is 23.3. The van der Waals surface area contributed by atoms with Crippen LogP contribution in [0.5, 0.6) is 11.5 Å². The number of rotatable bonds is 8. The van der Waals surface area contributed by atoms with Gasteiger partial charge in [0.25, 0.3) is 5.91 Å². The highest BCUT2D eigenvalue weighted by Crippen LogP contribution is 2.37. The Labute approximate surface area is 206 Å². The Kier molecular flexibility index (Phi) is 7.62. The SMILES string of the molecule is CCc1ccc(N[C@H]2NC(=O)/C(=C/c3cc(OC)c(OCc4ccccc4)cc3Br)S2)cc1. The molecule has 1 heterocycles. The Bertz CT molecular complexity index is 1150. The maximum Gasteiger partial charge on any atom is 0.260 e. The number of ether oxygens (including phenoxy) is 2. The van der Waals surface area contributed by atoms with Crippen LogP contribution in [0.1, 0.15) is 23.6 Å². The highest BCUT2D eigenvalue weighted by molar-refractivity contribution is 9.10. The molecule has 1 fully saturated rings. The number of aryl methyl sites for hydroxylation is 1. The van der Waals surface area contributed by atoms with Gasteiger partial charge in [0, 0.05) is 10.2 Å². The van der Waals surface area contributed by atoms with E-state index >= 15 is 0 Å². The molecule has 1 aliphatic heterocycles. The first-order valence-corrected chi connectivity index (χ1v) is 12.3. The molecule has 1 atom stereocenters. The summed E-state index contributed by atoms with van der Waals surface area (Å²) in [5.41, 5.74) is 3.92. The zero-order valence-electron chi connectivity index (χ0n) is 18.4. The first-order chi connectivity index (χ1) is 16.1. The van der Waals surface area contributed by atoms with Crippen LogP contribution in [-0.2, 0) is 17.8 Å². The van der Waals surface area contributed by atoms with Crippen molar-refractivity contribution >= 4 is 45.4 Å². The minimum absolute atomic E-state index is 0.113. The monoisotopic (exact) mass is 524 g/mol. The summed E-state index contributed by atoms with van der Waals surface area (Å²) in [6.45, 7) is 2.57. The molecule has 1 aliphatic rings. The maximum absolute atomic E-state index is 12.6. The number of methoxy groups -OCH3 is 1. The molecular formula is C26H25BrN2O3S. The topological polar surface area (TPSA) is 59.6 Å². The minimum Gasteiger partial charge on any atom is -0.493 e. The molecule has 0 unspecified atom stereocenters. The van der Waals surface area contributed by atoms with Gasteiger partial charge in [0.1, 0.15) is 6.61 Å². The highest BCUT2D eigenvalue weighted by atomic mass is 79.9. The van der Waals surface area contributed by atoms with Gasteiger partial charge >= 0.3 is 0 Å². The van der Waals surface area contributed by atoms with Gasteiger partial charge in [-0.25, -0.2) is 0 Å². The maximum atomic E-state index is 12.6. The molecule has 3 aromatic rings. The Balaban J connectivity index is 1.47. The number of hydrogen-bond donors (Lipinski definition) is 2. The van der Waals surface area contributed by atoms with E-state index < -0.39 is 0 Å². The van der Waals surface area contributed by atoms with Crippen LogP contribution >= 0.6 is 27.7 Å². The van der Waals surface area contributed by atoms with Gasteiger partial charge < -0.3 is 20.1 Å². The van der Waals surface area contributed by atoms with Crippen molar-refractivity contribution < 1.29 is 14.3 Å². The third-order valence-corrected chi connectivity index (χ3v) is 6.91. The molecule has 33 heavy (non-hydrogen) atoms. The zero-order valence-corrected chi connectivity index (χ0v) is 20.8. The number of thioether (sulfide) groups is 1. The van der Waals surface area contributed by atoms with Crippen LogP contribution in [-0.4, -0.2) is 18.5 Å². The van der Waals surface area contributed by atoms with E-state index in [4.69, 9.17) is 9.47 Å². The number of nitrogens with one attached hydrogen (secondary N) is 2. The predicted octanol–water partition coefficient (Wildman–Crippen LogP) is 6.20. The molecule has 0 radical (unpaired) electrons. The minimum atomic E-state index is -0.231. The lowest BCUT2D eigenvalue weighted by atomic mass is 10.1. The van der Waals surface area contributed by atoms with E-state index in [1.807, 2.05) is 60.7 Å². The predicted molar refractivity (Wildman–Crippen MR) is 138 cm³/mol. The lowest BCUT2D eigenvalue weighted by Crippen LogP contribution is -2.30. The summed E-state index contributed by atoms with van der Waals surface area (Å²) in [5, 5.41) is 6.32. The van der Waals surface area contributed by atoms with Crippen molar-refractivity contribution in [3.05, 3.63) is 92.8 Å². The van der Waals surface area contributed by atoms with Crippen molar-refractivity contribution in [2.75, 3.05) is 12.4 Å². The van der Waals surface area contributed by atoms with Gasteiger partial charge in [0.15, 0.2) is 17.0 Å². The second kappa shape index (κ2) is 10.8. The fourth-order valence-corrected chi connectivity index (χ4v) is 4.78. The molecule has 0 bridgehead atoms. The number of benzene rings is 3. The fraction of sp³-hybridized carbons (Fsp3) is 0.192. The van der Waals surface area contributed by atoms with E-state index in [1.54, 1.807) is 7.11 Å². The third kappa shape index (κ3) is 5.92. The van der Waals surface area contributed by atoms with Crippen molar-refractivity contribution in [1.29, 1.82) is 0 Å². The quantitative estimate of drug-likeness (QED) is 0.343. The van der Waals surface area contributed by atoms with E-state index in [1.165, 1.54) is 17.3 Å². The Morgan fingerprint density at radius 3 is 2.52 bits per heavy atom. The van der Waals surface area contributed by atoms with Gasteiger partial charge in [-0.05, 0) is 53.5 Å². The molecule has 170 valence electrons. The van der Waals surface area contributed by atoms with E-state index in [9.17, 15) is 4.79 Å². The molecule has 0 saturated carbocycles. The first-order valence-electron chi connectivity index (χ1n) is 10.6. The lowest BCUT2D eigenvalue weighted by Gasteiger charge is -2.13. The highest BCUT2D eigenvalue weighted by Gasteiger charge is 2.27. The van der Waals surface area contributed by atoms with Crippen LogP contribution in [0, 0.1) is 0 Å². The standard InChI is InChI=1S/C26H25BrN2O3S/c1-3-17-9-11-20(12-10-17)28-26-29-25(30)24(33-26)14-19-13-22(31-2)23(15-21(19)27)32-16-18-7-5-4-6-8-18/h4-15,26,28H,3,16H2,1-2H3,(H,29,30)/b24-14-/t26-/m0/s1. The molecule has 4 rings (SSSR count). The zero-order chi connectivity index (χ0) is 23.2. The molecule has 0 aromatic heterocycles. The molecule has 3 aromatic carbocycles. The molecule has 5 nitrogen and oxygen atoms in total. The van der Waals surface area contributed by atoms with Crippen molar-refractivity contribution in [2.45, 2.75) is 25.4 Å². The molecule has 1 saturated heterocycles. The molecule has 1 amide bonds. The van der Waals surface area contributed by atoms with E-state index in [0.717, 1.165) is 27.7 Å². The number of amides is 1. The van der Waals surface area contributed by atoms with Gasteiger partial charge in [-0.2, -0.15) is 0 Å². The van der Waals surface area contributed by atoms with Crippen LogP contribution in [0.2, 0.25) is 0 Å². The van der Waals surface area contributed by atoms with Crippen LogP contribution < -0.4 is 20.1 Å². The van der Waals surface area contributed by atoms with E-state index in [0.29, 0.717) is 23.0 Å². The van der Waals surface area contributed by atoms with Crippen LogP contribution in [0.4, 0.5) is 5.69 Å². The summed E-state index contributed by atoms with van der Waals surface area (Å²) in [5.74, 6) is 1.13. The molecular weight excluding hydrogens is 500 g/mol. The van der Waals surface area contributed by atoms with Gasteiger partial charge in [0.05, 0.1) is 12.0 Å². The van der Waals surface area contributed by atoms with Crippen molar-refractivity contribution in [3.8, 4) is 11.5 Å². The average molecular weight is 525 g/mol. The number of carbonyl (C=O) groups excluding carboxylic acids is 1. The molecule has 0 spiro atoms. The number of halogens is 1. The molecule has 0 aliphatic carbocycles. The van der Waals surface area contributed by atoms with Crippen LogP contribution in [0.3, 0.4) is 0 Å². The summed E-state index contributed by atoms with van der Waals surface area (Å²) >= 11 is 5.06. The van der Waals surface area contributed by atoms with Gasteiger partial charge in [-0.15, -0.1) is 0 Å². The Morgan fingerprint density at radius 1 is 1.06 bits per heavy atom. The van der Waals surface area contributed by atoms with Gasteiger partial charge in [0.2, 0.25) is 0 Å². The fourth-order valence-electron chi connectivity index (χ4n) is 3.36. The van der Waals surface area contributed by atoms with Gasteiger partial charge in [-0.3, -0.25) is 4.79 Å². The van der Waals surface area contributed by atoms with E-state index in [2.05, 4.69) is 45.6 Å². The number of anilines is 1. The Morgan fingerprint density at radius 2 is 1.82 bits per heavy atom. The molecule has 7 heteroatoms. The number of hydrogen-bond acceptors (Lipinski definition) is 5. The number of carbonyl (C=O) groups is 1. The lowest BCUT2D eigenvalue weighted by molar-refractivity contribution is -0.116. The summed E-state index contributed by atoms with van der Waals surface area (Å²) < 4.78 is 12.3. The summed E-state index contributed by atoms with van der Waals surface area (Å²) in [6.07, 6.45) is 2.85. The second-order valence-electron chi connectivity index (χ2n) is 7.47. The van der Waals surface area contributed by atoms with Crippen molar-refractivity contribution in [1.82, 2.24) is 5.32 Å². The van der Waals surface area contributed by atoms with E-state index in [-0.39, 0.29) is 11.4 Å². The Hall–Kier alpha value is -2.90. The molecule has 2 N–H and O–H groups in total. The summed E-state index contributed by atoms with van der Waals surface area (Å²) in [6, 6.07) is 21.9. The smallest absolute Gasteiger partial charge is 0.260 e. The second-order valence-corrected chi connectivity index (χ2v) is 9.47. The normalized spacial score (nSPS) is 16.5. The largest absolute Gasteiger partial charge is 0.493 e. The van der Waals surface area contributed by atoms with Crippen molar-refractivity contribution in [3.63, 3.8) is 0 Å². The summed E-state index contributed by atoms with van der Waals surface area (Å²) in [7, 11) is 1.61. The third-order valence-electron chi connectivity index (χ3n) is 5.20. The van der Waals surface area contributed by atoms with Crippen LogP contribution in [0.25, 0.3) is 6.08 Å². The van der Waals surface area contributed by atoms with Crippen molar-refractivity contribution in [2.24, 2.45) is 0 Å². The van der Waals surface area contributed by atoms with Crippen LogP contribution in [0.15, 0.2) is 76.1 Å².